The van der Waals surface area contributed by atoms with Crippen molar-refractivity contribution < 1.29 is 32.0 Å². The Morgan fingerprint density at radius 3 is 1.58 bits per heavy atom. The number of hydrogen-bond acceptors (Lipinski definition) is 7. The molecule has 1 N–H and O–H groups in total. The Morgan fingerprint density at radius 1 is 0.711 bits per heavy atom. The third-order valence-corrected chi connectivity index (χ3v) is 7.37. The molecule has 0 amide bonds. The molecule has 0 bridgehead atoms. The number of rotatable bonds is 28. The van der Waals surface area contributed by atoms with Crippen molar-refractivity contribution in [3.63, 3.8) is 0 Å². The van der Waals surface area contributed by atoms with Crippen LogP contribution in [0.25, 0.3) is 0 Å². The van der Waals surface area contributed by atoms with Crippen LogP contribution in [0.2, 0.25) is 0 Å². The summed E-state index contributed by atoms with van der Waals surface area (Å²) in [7, 11) is -3.39. The zero-order valence-corrected chi connectivity index (χ0v) is 25.4. The van der Waals surface area contributed by atoms with Crippen LogP contribution in [0.1, 0.15) is 142 Å². The van der Waals surface area contributed by atoms with Gasteiger partial charge in [0.25, 0.3) is 10.1 Å². The summed E-state index contributed by atoms with van der Waals surface area (Å²) in [5, 5.41) is 9.39. The number of hydrogen-bond donors (Lipinski definition) is 1. The number of carbonyl (C=O) groups is 1. The predicted octanol–water partition coefficient (Wildman–Crippen LogP) is 8.24. The maximum Gasteiger partial charge on any atom is 0.508 e. The molecule has 0 aromatic rings. The minimum atomic E-state index is -3.39. The second-order valence-electron chi connectivity index (χ2n) is 10.6. The van der Waals surface area contributed by atoms with Crippen LogP contribution in [0, 0.1) is 0 Å². The fourth-order valence-corrected chi connectivity index (χ4v) is 4.82. The van der Waals surface area contributed by atoms with Crippen molar-refractivity contribution in [2.45, 2.75) is 148 Å². The van der Waals surface area contributed by atoms with E-state index >= 15 is 0 Å². The Morgan fingerprint density at radius 2 is 1.13 bits per heavy atom. The summed E-state index contributed by atoms with van der Waals surface area (Å²) in [5.74, 6) is 0. The number of ether oxygens (including phenoxy) is 2. The molecule has 0 aromatic carbocycles. The Labute approximate surface area is 234 Å². The zero-order valence-electron chi connectivity index (χ0n) is 24.6. The molecule has 0 saturated heterocycles. The molecule has 38 heavy (non-hydrogen) atoms. The third-order valence-electron chi connectivity index (χ3n) is 6.77. The maximum atomic E-state index is 12.1. The van der Waals surface area contributed by atoms with Crippen LogP contribution < -0.4 is 0 Å². The van der Waals surface area contributed by atoms with Crippen molar-refractivity contribution in [3.05, 3.63) is 12.2 Å². The second-order valence-corrected chi connectivity index (χ2v) is 12.2. The van der Waals surface area contributed by atoms with Gasteiger partial charge in [-0.1, -0.05) is 123 Å². The van der Waals surface area contributed by atoms with Gasteiger partial charge >= 0.3 is 6.16 Å². The highest BCUT2D eigenvalue weighted by Gasteiger charge is 2.18. The van der Waals surface area contributed by atoms with Crippen LogP contribution in [0.4, 0.5) is 4.79 Å². The summed E-state index contributed by atoms with van der Waals surface area (Å²) in [4.78, 5) is 12.1. The average molecular weight is 563 g/mol. The smallest absolute Gasteiger partial charge is 0.434 e. The Bertz CT molecular complexity index is 664. The number of aliphatic hydroxyl groups is 1. The van der Waals surface area contributed by atoms with Gasteiger partial charge in [0.15, 0.2) is 0 Å². The van der Waals surface area contributed by atoms with Gasteiger partial charge in [0.05, 0.1) is 26.1 Å². The predicted molar refractivity (Wildman–Crippen MR) is 156 cm³/mol. The van der Waals surface area contributed by atoms with Crippen LogP contribution in [0.3, 0.4) is 0 Å². The first-order valence-corrected chi connectivity index (χ1v) is 17.1. The lowest BCUT2D eigenvalue weighted by Crippen LogP contribution is -2.22. The SMILES string of the molecule is C=C(CO)C(CCCCCCOS(C)(=O)=O)OC(=O)OCCCCCCCCCCCCCCCCCC. The van der Waals surface area contributed by atoms with Crippen LogP contribution in [0.15, 0.2) is 12.2 Å². The molecule has 0 fully saturated rings. The van der Waals surface area contributed by atoms with E-state index in [1.807, 2.05) is 0 Å². The molecule has 0 spiro atoms. The van der Waals surface area contributed by atoms with Gasteiger partial charge in [0.1, 0.15) is 6.10 Å². The van der Waals surface area contributed by atoms with E-state index in [-0.39, 0.29) is 13.2 Å². The van der Waals surface area contributed by atoms with Gasteiger partial charge in [-0.05, 0) is 31.3 Å². The number of unbranched alkanes of at least 4 members (excludes halogenated alkanes) is 18. The summed E-state index contributed by atoms with van der Waals surface area (Å²) in [5.41, 5.74) is 0.449. The number of aliphatic hydroxyl groups excluding tert-OH is 1. The highest BCUT2D eigenvalue weighted by atomic mass is 32.2. The lowest BCUT2D eigenvalue weighted by molar-refractivity contribution is 0.0275. The molecular weight excluding hydrogens is 504 g/mol. The molecule has 0 heterocycles. The third kappa shape index (κ3) is 26.5. The Balaban J connectivity index is 3.65. The Hall–Kier alpha value is -1.12. The fourth-order valence-electron chi connectivity index (χ4n) is 4.40. The minimum Gasteiger partial charge on any atom is -0.434 e. The molecule has 0 aliphatic rings. The fraction of sp³-hybridized carbons (Fsp3) is 0.900. The molecule has 0 aliphatic heterocycles. The molecule has 0 saturated carbocycles. The van der Waals surface area contributed by atoms with Crippen molar-refractivity contribution in [3.8, 4) is 0 Å². The molecule has 226 valence electrons. The first-order valence-electron chi connectivity index (χ1n) is 15.3. The van der Waals surface area contributed by atoms with Gasteiger partial charge in [-0.15, -0.1) is 0 Å². The summed E-state index contributed by atoms with van der Waals surface area (Å²) in [6.07, 6.45) is 24.1. The summed E-state index contributed by atoms with van der Waals surface area (Å²) < 4.78 is 37.2. The van der Waals surface area contributed by atoms with Crippen molar-refractivity contribution in [1.29, 1.82) is 0 Å². The van der Waals surface area contributed by atoms with E-state index in [2.05, 4.69) is 13.5 Å². The van der Waals surface area contributed by atoms with E-state index in [0.717, 1.165) is 44.8 Å². The highest BCUT2D eigenvalue weighted by molar-refractivity contribution is 7.85. The molecule has 0 radical (unpaired) electrons. The average Bonchev–Trinajstić information content (AvgIpc) is 2.88. The molecule has 1 unspecified atom stereocenters. The summed E-state index contributed by atoms with van der Waals surface area (Å²) in [6.45, 7) is 6.33. The van der Waals surface area contributed by atoms with Crippen molar-refractivity contribution in [1.82, 2.24) is 0 Å². The number of carbonyl (C=O) groups excluding carboxylic acids is 1. The monoisotopic (exact) mass is 562 g/mol. The first-order chi connectivity index (χ1) is 18.3. The lowest BCUT2D eigenvalue weighted by atomic mass is 10.0. The largest absolute Gasteiger partial charge is 0.508 e. The Kier molecular flexibility index (Phi) is 25.4. The normalized spacial score (nSPS) is 12.4. The van der Waals surface area contributed by atoms with Gasteiger partial charge in [0.2, 0.25) is 0 Å². The molecule has 7 nitrogen and oxygen atoms in total. The van der Waals surface area contributed by atoms with Gasteiger partial charge in [-0.25, -0.2) is 4.79 Å². The molecule has 0 aliphatic carbocycles. The first kappa shape index (κ1) is 36.9. The molecule has 1 atom stereocenters. The topological polar surface area (TPSA) is 99.1 Å². The minimum absolute atomic E-state index is 0.174. The van der Waals surface area contributed by atoms with Gasteiger partial charge in [-0.2, -0.15) is 8.42 Å². The summed E-state index contributed by atoms with van der Waals surface area (Å²) >= 11 is 0. The lowest BCUT2D eigenvalue weighted by Gasteiger charge is -2.18. The van der Waals surface area contributed by atoms with Crippen LogP contribution in [0.5, 0.6) is 0 Å². The molecule has 8 heteroatoms. The quantitative estimate of drug-likeness (QED) is 0.0443. The van der Waals surface area contributed by atoms with Gasteiger partial charge < -0.3 is 14.6 Å². The summed E-state index contributed by atoms with van der Waals surface area (Å²) in [6, 6.07) is 0. The van der Waals surface area contributed by atoms with E-state index in [0.29, 0.717) is 25.0 Å². The zero-order chi connectivity index (χ0) is 28.3. The van der Waals surface area contributed by atoms with Gasteiger partial charge in [-0.3, -0.25) is 4.18 Å². The maximum absolute atomic E-state index is 12.1. The molecule has 0 rings (SSSR count). The van der Waals surface area contributed by atoms with Crippen molar-refractivity contribution >= 4 is 16.3 Å². The van der Waals surface area contributed by atoms with Gasteiger partial charge in [0, 0.05) is 0 Å². The van der Waals surface area contributed by atoms with E-state index in [1.165, 1.54) is 83.5 Å². The van der Waals surface area contributed by atoms with Crippen molar-refractivity contribution in [2.75, 3.05) is 26.1 Å². The van der Waals surface area contributed by atoms with Crippen LogP contribution in [-0.4, -0.2) is 51.9 Å². The second kappa shape index (κ2) is 26.1. The van der Waals surface area contributed by atoms with Crippen LogP contribution >= 0.6 is 0 Å². The van der Waals surface area contributed by atoms with E-state index in [9.17, 15) is 18.3 Å². The van der Waals surface area contributed by atoms with E-state index in [4.69, 9.17) is 13.7 Å². The van der Waals surface area contributed by atoms with Crippen molar-refractivity contribution in [2.24, 2.45) is 0 Å². The van der Waals surface area contributed by atoms with E-state index in [1.54, 1.807) is 0 Å². The highest BCUT2D eigenvalue weighted by Crippen LogP contribution is 2.16. The molecular formula is C30H58O7S. The van der Waals surface area contributed by atoms with Crippen LogP contribution in [-0.2, 0) is 23.8 Å². The molecule has 0 aromatic heterocycles. The van der Waals surface area contributed by atoms with E-state index < -0.39 is 22.4 Å². The standard InChI is InChI=1S/C30H58O7S/c1-4-5-6-7-8-9-10-11-12-13-14-15-16-17-19-22-25-35-30(32)37-29(28(2)27-31)24-21-18-20-23-26-36-38(3,33)34/h29,31H,2,4-27H2,1,3H3.